The lowest BCUT2D eigenvalue weighted by Crippen LogP contribution is -1.94. The molecule has 0 radical (unpaired) electrons. The van der Waals surface area contributed by atoms with Gasteiger partial charge in [0.05, 0.1) is 24.7 Å². The van der Waals surface area contributed by atoms with Crippen LogP contribution in [0, 0.1) is 6.92 Å². The Labute approximate surface area is 107 Å². The lowest BCUT2D eigenvalue weighted by molar-refractivity contribution is 0.412. The van der Waals surface area contributed by atoms with Crippen molar-refractivity contribution in [3.63, 3.8) is 0 Å². The zero-order chi connectivity index (χ0) is 13.1. The summed E-state index contributed by atoms with van der Waals surface area (Å²) in [6.07, 6.45) is 5.72. The smallest absolute Gasteiger partial charge is 0.137 e. The monoisotopic (exact) mass is 243 g/mol. The maximum absolute atomic E-state index is 5.25. The van der Waals surface area contributed by atoms with Gasteiger partial charge in [0.1, 0.15) is 11.4 Å². The number of aromatic nitrogens is 2. The molecule has 2 aromatic rings. The van der Waals surface area contributed by atoms with Crippen molar-refractivity contribution in [3.8, 4) is 5.75 Å². The van der Waals surface area contributed by atoms with Crippen LogP contribution >= 0.6 is 0 Å². The second-order valence-corrected chi connectivity index (χ2v) is 4.10. The van der Waals surface area contributed by atoms with Crippen LogP contribution in [0.5, 0.6) is 5.75 Å². The van der Waals surface area contributed by atoms with Crippen molar-refractivity contribution in [2.75, 3.05) is 14.2 Å². The summed E-state index contributed by atoms with van der Waals surface area (Å²) in [5, 5.41) is 0. The summed E-state index contributed by atoms with van der Waals surface area (Å²) in [5.74, 6) is 0.818. The van der Waals surface area contributed by atoms with E-state index in [9.17, 15) is 0 Å². The maximum atomic E-state index is 5.25. The molecule has 2 heterocycles. The molecule has 2 aromatic heterocycles. The molecule has 0 N–H and O–H groups in total. The number of rotatable bonds is 3. The first-order valence-electron chi connectivity index (χ1n) is 5.79. The first-order chi connectivity index (χ1) is 8.67. The van der Waals surface area contributed by atoms with E-state index in [4.69, 9.17) is 4.74 Å². The highest BCUT2D eigenvalue weighted by Crippen LogP contribution is 2.22. The lowest BCUT2D eigenvalue weighted by atomic mass is 10.2. The van der Waals surface area contributed by atoms with Gasteiger partial charge >= 0.3 is 0 Å². The molecule has 18 heavy (non-hydrogen) atoms. The number of ether oxygens (including phenoxy) is 1. The lowest BCUT2D eigenvalue weighted by Gasteiger charge is -2.05. The molecular formula is C14H17N3O. The van der Waals surface area contributed by atoms with Gasteiger partial charge in [-0.2, -0.15) is 0 Å². The van der Waals surface area contributed by atoms with Crippen molar-refractivity contribution in [1.82, 2.24) is 9.38 Å². The molecular weight excluding hydrogens is 226 g/mol. The van der Waals surface area contributed by atoms with Crippen LogP contribution < -0.4 is 4.74 Å². The second kappa shape index (κ2) is 5.04. The Kier molecular flexibility index (Phi) is 3.46. The van der Waals surface area contributed by atoms with Crippen molar-refractivity contribution in [3.05, 3.63) is 35.8 Å². The molecule has 4 nitrogen and oxygen atoms in total. The van der Waals surface area contributed by atoms with Gasteiger partial charge in [-0.1, -0.05) is 0 Å². The standard InChI is InChI=1S/C14H17N3O/c1-10(7-8-15-3)14-11(2)16-13-6-5-12(18-4)9-17(13)14/h5-9H,1-4H3. The number of aliphatic imine (C=N–C) groups is 1. The first kappa shape index (κ1) is 12.4. The molecule has 0 bridgehead atoms. The van der Waals surface area contributed by atoms with E-state index in [1.54, 1.807) is 20.4 Å². The molecule has 0 aliphatic rings. The molecule has 0 fully saturated rings. The number of fused-ring (bicyclic) bond motifs is 1. The fraction of sp³-hybridized carbons (Fsp3) is 0.286. The summed E-state index contributed by atoms with van der Waals surface area (Å²) in [4.78, 5) is 8.51. The van der Waals surface area contributed by atoms with Gasteiger partial charge in [0.15, 0.2) is 0 Å². The highest BCUT2D eigenvalue weighted by molar-refractivity contribution is 5.84. The third-order valence-corrected chi connectivity index (χ3v) is 2.85. The second-order valence-electron chi connectivity index (χ2n) is 4.10. The van der Waals surface area contributed by atoms with E-state index in [-0.39, 0.29) is 0 Å². The summed E-state index contributed by atoms with van der Waals surface area (Å²) < 4.78 is 7.30. The van der Waals surface area contributed by atoms with E-state index in [1.807, 2.05) is 35.7 Å². The van der Waals surface area contributed by atoms with Crippen LogP contribution in [0.3, 0.4) is 0 Å². The summed E-state index contributed by atoms with van der Waals surface area (Å²) in [6, 6.07) is 3.87. The van der Waals surface area contributed by atoms with E-state index in [2.05, 4.69) is 16.9 Å². The Bertz CT molecular complexity index is 623. The zero-order valence-electron chi connectivity index (χ0n) is 11.1. The van der Waals surface area contributed by atoms with Crippen molar-refractivity contribution in [2.24, 2.45) is 4.99 Å². The Balaban J connectivity index is 2.65. The molecule has 0 saturated carbocycles. The molecule has 0 aliphatic carbocycles. The average molecular weight is 243 g/mol. The minimum absolute atomic E-state index is 0.818. The molecule has 4 heteroatoms. The average Bonchev–Trinajstić information content (AvgIpc) is 2.70. The molecule has 0 spiro atoms. The number of hydrogen-bond acceptors (Lipinski definition) is 3. The van der Waals surface area contributed by atoms with Gasteiger partial charge in [0, 0.05) is 13.3 Å². The van der Waals surface area contributed by atoms with E-state index in [0.717, 1.165) is 28.4 Å². The first-order valence-corrected chi connectivity index (χ1v) is 5.79. The van der Waals surface area contributed by atoms with Crippen LogP contribution in [0.1, 0.15) is 18.3 Å². The normalized spacial score (nSPS) is 12.6. The Morgan fingerprint density at radius 2 is 2.22 bits per heavy atom. The van der Waals surface area contributed by atoms with E-state index < -0.39 is 0 Å². The predicted molar refractivity (Wildman–Crippen MR) is 74.5 cm³/mol. The number of nitrogens with zero attached hydrogens (tertiary/aromatic N) is 3. The molecule has 0 atom stereocenters. The minimum atomic E-state index is 0.818. The minimum Gasteiger partial charge on any atom is -0.495 e. The molecule has 0 amide bonds. The quantitative estimate of drug-likeness (QED) is 0.777. The van der Waals surface area contributed by atoms with Crippen LogP contribution in [-0.4, -0.2) is 29.8 Å². The number of methoxy groups -OCH3 is 1. The van der Waals surface area contributed by atoms with E-state index >= 15 is 0 Å². The number of hydrogen-bond donors (Lipinski definition) is 0. The predicted octanol–water partition coefficient (Wildman–Crippen LogP) is 2.76. The summed E-state index contributed by atoms with van der Waals surface area (Å²) >= 11 is 0. The Hall–Kier alpha value is -2.10. The number of allylic oxidation sites excluding steroid dienone is 2. The molecule has 0 unspecified atom stereocenters. The molecule has 2 rings (SSSR count). The van der Waals surface area contributed by atoms with Gasteiger partial charge in [-0.05, 0) is 37.6 Å². The van der Waals surface area contributed by atoms with Crippen molar-refractivity contribution in [2.45, 2.75) is 13.8 Å². The summed E-state index contributed by atoms with van der Waals surface area (Å²) in [5.41, 5.74) is 4.13. The highest BCUT2D eigenvalue weighted by atomic mass is 16.5. The van der Waals surface area contributed by atoms with Crippen LogP contribution in [0.2, 0.25) is 0 Å². The van der Waals surface area contributed by atoms with Crippen molar-refractivity contribution >= 4 is 17.4 Å². The van der Waals surface area contributed by atoms with Gasteiger partial charge in [-0.25, -0.2) is 4.98 Å². The molecule has 0 aromatic carbocycles. The largest absolute Gasteiger partial charge is 0.495 e. The zero-order valence-corrected chi connectivity index (χ0v) is 11.1. The molecule has 94 valence electrons. The number of pyridine rings is 1. The topological polar surface area (TPSA) is 38.9 Å². The van der Waals surface area contributed by atoms with E-state index in [1.165, 1.54) is 0 Å². The SMILES string of the molecule is CN=CC=C(C)c1c(C)nc2ccc(OC)cn12. The van der Waals surface area contributed by atoms with Gasteiger partial charge in [0.2, 0.25) is 0 Å². The van der Waals surface area contributed by atoms with Crippen LogP contribution in [-0.2, 0) is 0 Å². The van der Waals surface area contributed by atoms with Crippen LogP contribution in [0.4, 0.5) is 0 Å². The maximum Gasteiger partial charge on any atom is 0.137 e. The Morgan fingerprint density at radius 1 is 1.44 bits per heavy atom. The van der Waals surface area contributed by atoms with E-state index in [0.29, 0.717) is 0 Å². The Morgan fingerprint density at radius 3 is 2.89 bits per heavy atom. The van der Waals surface area contributed by atoms with Gasteiger partial charge in [0.25, 0.3) is 0 Å². The molecule has 0 aliphatic heterocycles. The third kappa shape index (κ3) is 2.14. The van der Waals surface area contributed by atoms with Crippen LogP contribution in [0.15, 0.2) is 29.4 Å². The van der Waals surface area contributed by atoms with Crippen molar-refractivity contribution < 1.29 is 4.74 Å². The summed E-state index contributed by atoms with van der Waals surface area (Å²) in [6.45, 7) is 4.06. The molecule has 0 saturated heterocycles. The fourth-order valence-corrected chi connectivity index (χ4v) is 2.00. The fourth-order valence-electron chi connectivity index (χ4n) is 2.00. The number of imidazole rings is 1. The van der Waals surface area contributed by atoms with Crippen LogP contribution in [0.25, 0.3) is 11.2 Å². The van der Waals surface area contributed by atoms with Gasteiger partial charge in [-0.15, -0.1) is 0 Å². The third-order valence-electron chi connectivity index (χ3n) is 2.85. The summed E-state index contributed by atoms with van der Waals surface area (Å²) in [7, 11) is 3.42. The van der Waals surface area contributed by atoms with Gasteiger partial charge < -0.3 is 4.74 Å². The highest BCUT2D eigenvalue weighted by Gasteiger charge is 2.10. The van der Waals surface area contributed by atoms with Crippen molar-refractivity contribution in [1.29, 1.82) is 0 Å². The van der Waals surface area contributed by atoms with Gasteiger partial charge in [-0.3, -0.25) is 9.39 Å². The number of aryl methyl sites for hydroxylation is 1.